The molecule has 0 aromatic rings. The number of hydrogen-bond acceptors (Lipinski definition) is 5. The molecule has 0 N–H and O–H groups in total. The Kier molecular flexibility index (Phi) is 4.93. The summed E-state index contributed by atoms with van der Waals surface area (Å²) < 4.78 is 5.33. The normalized spacial score (nSPS) is 29.1. The predicted molar refractivity (Wildman–Crippen MR) is 64.1 cm³/mol. The molecule has 4 atom stereocenters. The van der Waals surface area contributed by atoms with Gasteiger partial charge in [-0.15, -0.1) is 10.1 Å². The largest absolute Gasteiger partial charge is 0.462 e. The zero-order valence-corrected chi connectivity index (χ0v) is 11.3. The van der Waals surface area contributed by atoms with Gasteiger partial charge in [0.05, 0.1) is 5.92 Å². The molecular weight excluding hydrogens is 238 g/mol. The van der Waals surface area contributed by atoms with Gasteiger partial charge in [-0.05, 0) is 31.6 Å². The zero-order chi connectivity index (χ0) is 13.9. The summed E-state index contributed by atoms with van der Waals surface area (Å²) in [6, 6.07) is 0. The Balaban J connectivity index is 2.49. The minimum Gasteiger partial charge on any atom is -0.462 e. The van der Waals surface area contributed by atoms with Crippen LogP contribution < -0.4 is 0 Å². The maximum Gasteiger partial charge on any atom is 0.309 e. The van der Waals surface area contributed by atoms with Gasteiger partial charge in [0.25, 0.3) is 5.09 Å². The third-order valence-corrected chi connectivity index (χ3v) is 3.60. The van der Waals surface area contributed by atoms with Gasteiger partial charge in [-0.25, -0.2) is 0 Å². The Bertz CT molecular complexity index is 318. The summed E-state index contributed by atoms with van der Waals surface area (Å²) >= 11 is 0. The maximum absolute atomic E-state index is 11.9. The predicted octanol–water partition coefficient (Wildman–Crippen LogP) is 2.20. The molecule has 0 bridgehead atoms. The van der Waals surface area contributed by atoms with Crippen molar-refractivity contribution in [1.82, 2.24) is 0 Å². The molecule has 0 saturated heterocycles. The van der Waals surface area contributed by atoms with Gasteiger partial charge >= 0.3 is 5.97 Å². The second-order valence-corrected chi connectivity index (χ2v) is 5.40. The molecule has 0 aromatic carbocycles. The molecular formula is C12H21NO5. The molecule has 1 rings (SSSR count). The molecule has 1 aliphatic rings. The summed E-state index contributed by atoms with van der Waals surface area (Å²) in [5.41, 5.74) is 0. The first-order valence-corrected chi connectivity index (χ1v) is 6.33. The van der Waals surface area contributed by atoms with Crippen LogP contribution in [-0.4, -0.2) is 23.3 Å². The smallest absolute Gasteiger partial charge is 0.309 e. The van der Waals surface area contributed by atoms with E-state index in [1.54, 1.807) is 0 Å². The molecule has 0 spiro atoms. The molecule has 0 aliphatic heterocycles. The van der Waals surface area contributed by atoms with Crippen LogP contribution in [0.25, 0.3) is 0 Å². The topological polar surface area (TPSA) is 78.7 Å². The minimum atomic E-state index is -0.786. The summed E-state index contributed by atoms with van der Waals surface area (Å²) in [6.07, 6.45) is 0.323. The molecule has 0 radical (unpaired) electrons. The van der Waals surface area contributed by atoms with E-state index >= 15 is 0 Å². The number of hydrogen-bond donors (Lipinski definition) is 0. The lowest BCUT2D eigenvalue weighted by Crippen LogP contribution is -2.25. The second-order valence-electron chi connectivity index (χ2n) is 5.40. The monoisotopic (exact) mass is 259 g/mol. The number of rotatable bonds is 5. The molecule has 6 heteroatoms. The Labute approximate surface area is 107 Å². The van der Waals surface area contributed by atoms with Crippen LogP contribution in [0.4, 0.5) is 0 Å². The van der Waals surface area contributed by atoms with E-state index in [4.69, 9.17) is 4.74 Å². The second kappa shape index (κ2) is 6.02. The van der Waals surface area contributed by atoms with E-state index in [1.807, 2.05) is 27.7 Å². The molecule has 6 nitrogen and oxygen atoms in total. The minimum absolute atomic E-state index is 0.00214. The fraction of sp³-hybridized carbons (Fsp3) is 0.917. The highest BCUT2D eigenvalue weighted by Gasteiger charge is 2.39. The van der Waals surface area contributed by atoms with Crippen LogP contribution in [0.5, 0.6) is 0 Å². The van der Waals surface area contributed by atoms with Gasteiger partial charge in [0.2, 0.25) is 0 Å². The number of carbonyl (C=O) groups is 1. The fourth-order valence-electron chi connectivity index (χ4n) is 2.07. The van der Waals surface area contributed by atoms with Crippen LogP contribution in [0.2, 0.25) is 0 Å². The van der Waals surface area contributed by atoms with Crippen molar-refractivity contribution < 1.29 is 19.5 Å². The van der Waals surface area contributed by atoms with E-state index in [2.05, 4.69) is 4.84 Å². The van der Waals surface area contributed by atoms with E-state index in [9.17, 15) is 14.9 Å². The maximum atomic E-state index is 11.9. The van der Waals surface area contributed by atoms with Gasteiger partial charge < -0.3 is 9.57 Å². The van der Waals surface area contributed by atoms with Crippen molar-refractivity contribution in [3.63, 3.8) is 0 Å². The van der Waals surface area contributed by atoms with Crippen molar-refractivity contribution in [2.24, 2.45) is 17.8 Å². The molecule has 1 fully saturated rings. The third-order valence-electron chi connectivity index (χ3n) is 3.60. The van der Waals surface area contributed by atoms with Crippen molar-refractivity contribution in [2.75, 3.05) is 0 Å². The van der Waals surface area contributed by atoms with Crippen LogP contribution in [0.3, 0.4) is 0 Å². The van der Waals surface area contributed by atoms with Crippen molar-refractivity contribution in [3.8, 4) is 0 Å². The van der Waals surface area contributed by atoms with Crippen LogP contribution in [0.1, 0.15) is 40.5 Å². The molecule has 18 heavy (non-hydrogen) atoms. The van der Waals surface area contributed by atoms with Crippen molar-refractivity contribution in [2.45, 2.75) is 52.7 Å². The van der Waals surface area contributed by atoms with Gasteiger partial charge in [0.1, 0.15) is 12.2 Å². The molecule has 1 saturated carbocycles. The van der Waals surface area contributed by atoms with Gasteiger partial charge in [-0.1, -0.05) is 20.8 Å². The summed E-state index contributed by atoms with van der Waals surface area (Å²) in [6.45, 7) is 7.67. The molecule has 1 unspecified atom stereocenters. The average Bonchev–Trinajstić information content (AvgIpc) is 2.59. The lowest BCUT2D eigenvalue weighted by Gasteiger charge is -2.19. The average molecular weight is 259 g/mol. The van der Waals surface area contributed by atoms with Crippen molar-refractivity contribution in [3.05, 3.63) is 10.1 Å². The first-order chi connectivity index (χ1) is 8.31. The van der Waals surface area contributed by atoms with Crippen LogP contribution in [-0.2, 0) is 14.4 Å². The molecule has 104 valence electrons. The number of esters is 1. The summed E-state index contributed by atoms with van der Waals surface area (Å²) in [5, 5.41) is 9.53. The SMILES string of the molecule is CC(C)C(C)OC(=O)[C@H]1C[C@H](O[N+](=O)[O-])[C@@H](C)C1. The van der Waals surface area contributed by atoms with E-state index in [0.29, 0.717) is 12.8 Å². The standard InChI is InChI=1S/C12H21NO5/c1-7(2)9(4)17-12(14)10-5-8(3)11(6-10)18-13(15)16/h7-11H,5-6H2,1-4H3/t8-,9?,10+,11-/m0/s1. The quantitative estimate of drug-likeness (QED) is 0.429. The summed E-state index contributed by atoms with van der Waals surface area (Å²) in [4.78, 5) is 26.8. The van der Waals surface area contributed by atoms with Crippen molar-refractivity contribution >= 4 is 5.97 Å². The summed E-state index contributed by atoms with van der Waals surface area (Å²) in [7, 11) is 0. The first-order valence-electron chi connectivity index (χ1n) is 6.33. The van der Waals surface area contributed by atoms with Crippen LogP contribution >= 0.6 is 0 Å². The Morgan fingerprint density at radius 3 is 2.44 bits per heavy atom. The number of ether oxygens (including phenoxy) is 1. The van der Waals surface area contributed by atoms with Crippen molar-refractivity contribution in [1.29, 1.82) is 0 Å². The van der Waals surface area contributed by atoms with E-state index in [-0.39, 0.29) is 29.8 Å². The Morgan fingerprint density at radius 1 is 1.33 bits per heavy atom. The van der Waals surface area contributed by atoms with E-state index in [0.717, 1.165) is 0 Å². The highest BCUT2D eigenvalue weighted by atomic mass is 17.0. The number of carbonyl (C=O) groups excluding carboxylic acids is 1. The van der Waals surface area contributed by atoms with Crippen LogP contribution in [0, 0.1) is 27.9 Å². The molecule has 0 aromatic heterocycles. The molecule has 0 amide bonds. The van der Waals surface area contributed by atoms with E-state index < -0.39 is 11.2 Å². The van der Waals surface area contributed by atoms with Crippen LogP contribution in [0.15, 0.2) is 0 Å². The van der Waals surface area contributed by atoms with Gasteiger partial charge in [-0.3, -0.25) is 4.79 Å². The lowest BCUT2D eigenvalue weighted by molar-refractivity contribution is -0.769. The molecule has 1 aliphatic carbocycles. The Hall–Kier alpha value is -1.33. The third kappa shape index (κ3) is 3.85. The van der Waals surface area contributed by atoms with E-state index in [1.165, 1.54) is 0 Å². The number of nitrogens with zero attached hydrogens (tertiary/aromatic N) is 1. The van der Waals surface area contributed by atoms with Gasteiger partial charge in [-0.2, -0.15) is 0 Å². The van der Waals surface area contributed by atoms with Gasteiger partial charge in [0.15, 0.2) is 0 Å². The lowest BCUT2D eigenvalue weighted by atomic mass is 10.1. The summed E-state index contributed by atoms with van der Waals surface area (Å²) in [5.74, 6) is -0.287. The molecule has 0 heterocycles. The highest BCUT2D eigenvalue weighted by molar-refractivity contribution is 5.73. The first kappa shape index (κ1) is 14.7. The zero-order valence-electron chi connectivity index (χ0n) is 11.3. The highest BCUT2D eigenvalue weighted by Crippen LogP contribution is 2.34. The Morgan fingerprint density at radius 2 is 1.94 bits per heavy atom. The fourth-order valence-corrected chi connectivity index (χ4v) is 2.07. The van der Waals surface area contributed by atoms with Gasteiger partial charge in [0, 0.05) is 0 Å².